The molecule has 1 amide bonds. The standard InChI is InChI=1S/C13H17BrFNO2/c1-2-7-18-8-3-6-16-13(17)11-9-10(15)4-5-12(11)14/h4-5,9H,2-3,6-8H2,1H3,(H,16,17). The van der Waals surface area contributed by atoms with Crippen LogP contribution in [0.5, 0.6) is 0 Å². The zero-order valence-corrected chi connectivity index (χ0v) is 11.9. The SMILES string of the molecule is CCCOCCCNC(=O)c1cc(F)ccc1Br. The number of carbonyl (C=O) groups excluding carboxylic acids is 1. The fourth-order valence-electron chi connectivity index (χ4n) is 1.39. The monoisotopic (exact) mass is 317 g/mol. The summed E-state index contributed by atoms with van der Waals surface area (Å²) in [5.41, 5.74) is 0.310. The molecule has 0 bridgehead atoms. The number of carbonyl (C=O) groups is 1. The van der Waals surface area contributed by atoms with Crippen molar-refractivity contribution < 1.29 is 13.9 Å². The second-order valence-corrected chi connectivity index (χ2v) is 4.70. The molecule has 0 fully saturated rings. The van der Waals surface area contributed by atoms with Crippen molar-refractivity contribution in [3.05, 3.63) is 34.1 Å². The average molecular weight is 318 g/mol. The Labute approximate surface area is 115 Å². The van der Waals surface area contributed by atoms with E-state index in [9.17, 15) is 9.18 Å². The Morgan fingerprint density at radius 3 is 2.94 bits per heavy atom. The van der Waals surface area contributed by atoms with Gasteiger partial charge in [0.15, 0.2) is 0 Å². The van der Waals surface area contributed by atoms with Gasteiger partial charge in [-0.15, -0.1) is 0 Å². The lowest BCUT2D eigenvalue weighted by atomic mass is 10.2. The molecule has 0 spiro atoms. The number of hydrogen-bond donors (Lipinski definition) is 1. The van der Waals surface area contributed by atoms with Crippen molar-refractivity contribution >= 4 is 21.8 Å². The van der Waals surface area contributed by atoms with Crippen molar-refractivity contribution in [2.45, 2.75) is 19.8 Å². The first-order valence-corrected chi connectivity index (χ1v) is 6.75. The smallest absolute Gasteiger partial charge is 0.252 e. The Hall–Kier alpha value is -0.940. The molecule has 0 aliphatic carbocycles. The summed E-state index contributed by atoms with van der Waals surface area (Å²) in [6.07, 6.45) is 1.74. The summed E-state index contributed by atoms with van der Waals surface area (Å²) in [5.74, 6) is -0.702. The minimum absolute atomic E-state index is 0.281. The molecule has 1 aromatic rings. The van der Waals surface area contributed by atoms with Gasteiger partial charge in [0.1, 0.15) is 5.82 Å². The van der Waals surface area contributed by atoms with Crippen LogP contribution in [0.15, 0.2) is 22.7 Å². The molecule has 0 saturated heterocycles. The first-order chi connectivity index (χ1) is 8.65. The third-order valence-electron chi connectivity index (χ3n) is 2.27. The largest absolute Gasteiger partial charge is 0.381 e. The molecular formula is C13H17BrFNO2. The Balaban J connectivity index is 2.34. The molecule has 5 heteroatoms. The molecule has 0 heterocycles. The van der Waals surface area contributed by atoms with Gasteiger partial charge in [-0.25, -0.2) is 4.39 Å². The van der Waals surface area contributed by atoms with Crippen LogP contribution in [0.25, 0.3) is 0 Å². The van der Waals surface area contributed by atoms with E-state index in [-0.39, 0.29) is 5.91 Å². The van der Waals surface area contributed by atoms with E-state index in [2.05, 4.69) is 21.2 Å². The van der Waals surface area contributed by atoms with E-state index in [1.807, 2.05) is 6.92 Å². The Bertz CT molecular complexity index is 399. The van der Waals surface area contributed by atoms with Gasteiger partial charge in [-0.1, -0.05) is 6.92 Å². The van der Waals surface area contributed by atoms with Gasteiger partial charge < -0.3 is 10.1 Å². The highest BCUT2D eigenvalue weighted by atomic mass is 79.9. The fourth-order valence-corrected chi connectivity index (χ4v) is 1.82. The molecule has 3 nitrogen and oxygen atoms in total. The van der Waals surface area contributed by atoms with Gasteiger partial charge in [-0.2, -0.15) is 0 Å². The van der Waals surface area contributed by atoms with Crippen molar-refractivity contribution in [3.63, 3.8) is 0 Å². The highest BCUT2D eigenvalue weighted by Crippen LogP contribution is 2.17. The van der Waals surface area contributed by atoms with E-state index in [0.29, 0.717) is 23.2 Å². The zero-order chi connectivity index (χ0) is 13.4. The van der Waals surface area contributed by atoms with E-state index < -0.39 is 5.82 Å². The number of rotatable bonds is 7. The zero-order valence-electron chi connectivity index (χ0n) is 10.3. The molecule has 0 unspecified atom stereocenters. The topological polar surface area (TPSA) is 38.3 Å². The van der Waals surface area contributed by atoms with Crippen LogP contribution in [0.3, 0.4) is 0 Å². The summed E-state index contributed by atoms with van der Waals surface area (Å²) in [5, 5.41) is 2.73. The Morgan fingerprint density at radius 1 is 1.44 bits per heavy atom. The van der Waals surface area contributed by atoms with E-state index >= 15 is 0 Å². The summed E-state index contributed by atoms with van der Waals surface area (Å²) in [7, 11) is 0. The molecule has 1 rings (SSSR count). The summed E-state index contributed by atoms with van der Waals surface area (Å²) in [4.78, 5) is 11.8. The number of hydrogen-bond acceptors (Lipinski definition) is 2. The van der Waals surface area contributed by atoms with Gasteiger partial charge in [0.05, 0.1) is 5.56 Å². The maximum atomic E-state index is 13.0. The average Bonchev–Trinajstić information content (AvgIpc) is 2.36. The molecule has 1 N–H and O–H groups in total. The second-order valence-electron chi connectivity index (χ2n) is 3.85. The molecule has 1 aromatic carbocycles. The third-order valence-corrected chi connectivity index (χ3v) is 2.96. The highest BCUT2D eigenvalue weighted by Gasteiger charge is 2.10. The maximum Gasteiger partial charge on any atom is 0.252 e. The van der Waals surface area contributed by atoms with E-state index in [1.165, 1.54) is 18.2 Å². The van der Waals surface area contributed by atoms with E-state index in [0.717, 1.165) is 19.4 Å². The molecule has 18 heavy (non-hydrogen) atoms. The quantitative estimate of drug-likeness (QED) is 0.785. The first kappa shape index (κ1) is 15.1. The van der Waals surface area contributed by atoms with Gasteiger partial charge in [0.2, 0.25) is 0 Å². The third kappa shape index (κ3) is 5.14. The van der Waals surface area contributed by atoms with Gasteiger partial charge in [0.25, 0.3) is 5.91 Å². The van der Waals surface area contributed by atoms with Gasteiger partial charge in [0, 0.05) is 24.2 Å². The summed E-state index contributed by atoms with van der Waals surface area (Å²) >= 11 is 3.22. The highest BCUT2D eigenvalue weighted by molar-refractivity contribution is 9.10. The molecule has 0 atom stereocenters. The van der Waals surface area contributed by atoms with Crippen LogP contribution in [0, 0.1) is 5.82 Å². The Morgan fingerprint density at radius 2 is 2.22 bits per heavy atom. The van der Waals surface area contributed by atoms with Crippen LogP contribution in [0.2, 0.25) is 0 Å². The summed E-state index contributed by atoms with van der Waals surface area (Å²) < 4.78 is 18.9. The van der Waals surface area contributed by atoms with Crippen LogP contribution in [-0.2, 0) is 4.74 Å². The number of benzene rings is 1. The number of nitrogens with one attached hydrogen (secondary N) is 1. The van der Waals surface area contributed by atoms with Crippen LogP contribution in [-0.4, -0.2) is 25.7 Å². The maximum absolute atomic E-state index is 13.0. The lowest BCUT2D eigenvalue weighted by molar-refractivity contribution is 0.0940. The minimum Gasteiger partial charge on any atom is -0.381 e. The fraction of sp³-hybridized carbons (Fsp3) is 0.462. The van der Waals surface area contributed by atoms with Crippen LogP contribution >= 0.6 is 15.9 Å². The lowest BCUT2D eigenvalue weighted by Crippen LogP contribution is -2.25. The van der Waals surface area contributed by atoms with Gasteiger partial charge >= 0.3 is 0 Å². The van der Waals surface area contributed by atoms with Crippen molar-refractivity contribution in [1.82, 2.24) is 5.32 Å². The van der Waals surface area contributed by atoms with Crippen LogP contribution in [0.1, 0.15) is 30.1 Å². The molecule has 100 valence electrons. The van der Waals surface area contributed by atoms with Crippen LogP contribution < -0.4 is 5.32 Å². The van der Waals surface area contributed by atoms with E-state index in [4.69, 9.17) is 4.74 Å². The number of halogens is 2. The first-order valence-electron chi connectivity index (χ1n) is 5.96. The van der Waals surface area contributed by atoms with Gasteiger partial charge in [-0.05, 0) is 47.0 Å². The minimum atomic E-state index is -0.422. The molecule has 0 aliphatic rings. The predicted molar refractivity (Wildman–Crippen MR) is 72.2 cm³/mol. The van der Waals surface area contributed by atoms with Gasteiger partial charge in [-0.3, -0.25) is 4.79 Å². The summed E-state index contributed by atoms with van der Waals surface area (Å²) in [6.45, 7) is 3.93. The van der Waals surface area contributed by atoms with Crippen molar-refractivity contribution in [2.24, 2.45) is 0 Å². The number of ether oxygens (including phenoxy) is 1. The normalized spacial score (nSPS) is 10.4. The molecule has 0 radical (unpaired) electrons. The lowest BCUT2D eigenvalue weighted by Gasteiger charge is -2.07. The van der Waals surface area contributed by atoms with Crippen molar-refractivity contribution in [1.29, 1.82) is 0 Å². The second kappa shape index (κ2) is 8.21. The molecule has 0 saturated carbocycles. The van der Waals surface area contributed by atoms with Crippen LogP contribution in [0.4, 0.5) is 4.39 Å². The summed E-state index contributed by atoms with van der Waals surface area (Å²) in [6, 6.07) is 4.04. The molecule has 0 aliphatic heterocycles. The van der Waals surface area contributed by atoms with Crippen molar-refractivity contribution in [3.8, 4) is 0 Å². The van der Waals surface area contributed by atoms with Crippen molar-refractivity contribution in [2.75, 3.05) is 19.8 Å². The Kier molecular flexibility index (Phi) is 6.90. The molecule has 0 aromatic heterocycles. The van der Waals surface area contributed by atoms with E-state index in [1.54, 1.807) is 0 Å². The predicted octanol–water partition coefficient (Wildman–Crippen LogP) is 3.13. The number of amides is 1. The molecular weight excluding hydrogens is 301 g/mol.